The minimum Gasteiger partial charge on any atom is -0.360 e. The molecule has 0 aromatic carbocycles. The number of rotatable bonds is 5. The summed E-state index contributed by atoms with van der Waals surface area (Å²) >= 11 is 3.56. The molecule has 0 aliphatic rings. The van der Waals surface area contributed by atoms with Crippen LogP contribution in [0.1, 0.15) is 10.6 Å². The molecule has 0 aliphatic carbocycles. The summed E-state index contributed by atoms with van der Waals surface area (Å²) < 4.78 is 5.03. The van der Waals surface area contributed by atoms with Gasteiger partial charge in [-0.3, -0.25) is 0 Å². The molecule has 0 bridgehead atoms. The van der Waals surface area contributed by atoms with Gasteiger partial charge in [0.1, 0.15) is 5.76 Å². The monoisotopic (exact) mass is 276 g/mol. The third-order valence-electron chi connectivity index (χ3n) is 2.55. The molecule has 0 spiro atoms. The van der Waals surface area contributed by atoms with Crippen molar-refractivity contribution in [3.63, 3.8) is 0 Å². The van der Waals surface area contributed by atoms with Crippen molar-refractivity contribution in [3.8, 4) is 10.4 Å². The Labute approximate surface area is 113 Å². The number of nitrogens with one attached hydrogen (secondary N) is 1. The van der Waals surface area contributed by atoms with Gasteiger partial charge < -0.3 is 9.84 Å². The van der Waals surface area contributed by atoms with Gasteiger partial charge in [0.25, 0.3) is 0 Å². The minimum atomic E-state index is 0.715. The van der Waals surface area contributed by atoms with Gasteiger partial charge in [0.15, 0.2) is 0 Å². The molecule has 0 fully saturated rings. The van der Waals surface area contributed by atoms with Crippen molar-refractivity contribution in [3.05, 3.63) is 51.9 Å². The number of hydrogen-bond donors (Lipinski definition) is 1. The Kier molecular flexibility index (Phi) is 3.54. The van der Waals surface area contributed by atoms with E-state index >= 15 is 0 Å². The highest BCUT2D eigenvalue weighted by Gasteiger charge is 2.03. The van der Waals surface area contributed by atoms with E-state index < -0.39 is 0 Å². The van der Waals surface area contributed by atoms with Crippen molar-refractivity contribution in [2.45, 2.75) is 13.1 Å². The van der Waals surface area contributed by atoms with Gasteiger partial charge in [0, 0.05) is 27.9 Å². The smallest absolute Gasteiger partial charge is 0.150 e. The molecule has 0 aliphatic heterocycles. The first kappa shape index (κ1) is 11.6. The average Bonchev–Trinajstić information content (AvgIpc) is 3.12. The lowest BCUT2D eigenvalue weighted by molar-refractivity contribution is 0.373. The van der Waals surface area contributed by atoms with Crippen molar-refractivity contribution >= 4 is 22.7 Å². The highest BCUT2D eigenvalue weighted by molar-refractivity contribution is 7.14. The van der Waals surface area contributed by atoms with E-state index in [0.717, 1.165) is 12.3 Å². The Morgan fingerprint density at radius 1 is 1.22 bits per heavy atom. The van der Waals surface area contributed by atoms with Crippen LogP contribution >= 0.6 is 22.7 Å². The third-order valence-corrected chi connectivity index (χ3v) is 4.40. The van der Waals surface area contributed by atoms with Crippen molar-refractivity contribution in [1.82, 2.24) is 10.5 Å². The van der Waals surface area contributed by atoms with Crippen molar-refractivity contribution in [2.75, 3.05) is 0 Å². The van der Waals surface area contributed by atoms with Gasteiger partial charge in [0.05, 0.1) is 12.7 Å². The van der Waals surface area contributed by atoms with Gasteiger partial charge in [-0.1, -0.05) is 11.2 Å². The number of thiophene rings is 2. The lowest BCUT2D eigenvalue weighted by atomic mass is 10.2. The quantitative estimate of drug-likeness (QED) is 0.771. The van der Waals surface area contributed by atoms with Crippen LogP contribution in [0.15, 0.2) is 45.7 Å². The second-order valence-corrected chi connectivity index (χ2v) is 5.80. The van der Waals surface area contributed by atoms with Gasteiger partial charge in [-0.05, 0) is 22.9 Å². The molecule has 0 saturated heterocycles. The highest BCUT2D eigenvalue weighted by Crippen LogP contribution is 2.29. The van der Waals surface area contributed by atoms with E-state index in [2.05, 4.69) is 39.4 Å². The summed E-state index contributed by atoms with van der Waals surface area (Å²) in [6.07, 6.45) is 1.66. The predicted molar refractivity (Wildman–Crippen MR) is 74.7 cm³/mol. The summed E-state index contributed by atoms with van der Waals surface area (Å²) in [6, 6.07) is 8.35. The van der Waals surface area contributed by atoms with E-state index in [9.17, 15) is 0 Å². The first-order valence-electron chi connectivity index (χ1n) is 5.63. The number of nitrogens with zero attached hydrogens (tertiary/aromatic N) is 1. The molecule has 0 amide bonds. The predicted octanol–water partition coefficient (Wildman–Crippen LogP) is 3.75. The standard InChI is InChI=1S/C13H12N2OS2/c1-2-13(17-5-1)10-6-12(18-9-10)8-14-7-11-3-4-15-16-11/h1-6,9,14H,7-8H2. The van der Waals surface area contributed by atoms with E-state index in [0.29, 0.717) is 6.54 Å². The molecule has 0 atom stereocenters. The largest absolute Gasteiger partial charge is 0.360 e. The van der Waals surface area contributed by atoms with Crippen LogP contribution in [-0.4, -0.2) is 5.16 Å². The maximum Gasteiger partial charge on any atom is 0.150 e. The molecular formula is C13H12N2OS2. The molecule has 3 rings (SSSR count). The maximum atomic E-state index is 5.03. The van der Waals surface area contributed by atoms with Crippen LogP contribution in [0.5, 0.6) is 0 Å². The third kappa shape index (κ3) is 2.69. The summed E-state index contributed by atoms with van der Waals surface area (Å²) in [5.41, 5.74) is 1.31. The van der Waals surface area contributed by atoms with Gasteiger partial charge in [-0.2, -0.15) is 0 Å². The molecule has 92 valence electrons. The lowest BCUT2D eigenvalue weighted by Crippen LogP contribution is -2.10. The van der Waals surface area contributed by atoms with Crippen molar-refractivity contribution in [2.24, 2.45) is 0 Å². The second kappa shape index (κ2) is 5.48. The zero-order chi connectivity index (χ0) is 12.2. The van der Waals surface area contributed by atoms with Gasteiger partial charge in [-0.15, -0.1) is 22.7 Å². The Balaban J connectivity index is 1.57. The first-order valence-corrected chi connectivity index (χ1v) is 7.39. The Hall–Kier alpha value is -1.43. The molecule has 3 nitrogen and oxygen atoms in total. The van der Waals surface area contributed by atoms with Crippen LogP contribution < -0.4 is 5.32 Å². The van der Waals surface area contributed by atoms with Crippen molar-refractivity contribution < 1.29 is 4.52 Å². The topological polar surface area (TPSA) is 38.1 Å². The van der Waals surface area contributed by atoms with Gasteiger partial charge >= 0.3 is 0 Å². The molecular weight excluding hydrogens is 264 g/mol. The summed E-state index contributed by atoms with van der Waals surface area (Å²) in [6.45, 7) is 1.57. The molecule has 18 heavy (non-hydrogen) atoms. The van der Waals surface area contributed by atoms with Crippen LogP contribution in [0, 0.1) is 0 Å². The summed E-state index contributed by atoms with van der Waals surface area (Å²) in [7, 11) is 0. The molecule has 1 N–H and O–H groups in total. The molecule has 0 unspecified atom stereocenters. The zero-order valence-electron chi connectivity index (χ0n) is 9.63. The molecule has 0 saturated carbocycles. The van der Waals surface area contributed by atoms with Crippen LogP contribution in [0.25, 0.3) is 10.4 Å². The van der Waals surface area contributed by atoms with Crippen LogP contribution in [0.3, 0.4) is 0 Å². The Morgan fingerprint density at radius 3 is 3.00 bits per heavy atom. The molecule has 0 radical (unpaired) electrons. The average molecular weight is 276 g/mol. The maximum absolute atomic E-state index is 5.03. The molecule has 3 aromatic heterocycles. The number of aromatic nitrogens is 1. The fourth-order valence-corrected chi connectivity index (χ4v) is 3.33. The fourth-order valence-electron chi connectivity index (χ4n) is 1.69. The summed E-state index contributed by atoms with van der Waals surface area (Å²) in [4.78, 5) is 2.66. The van der Waals surface area contributed by atoms with E-state index in [1.165, 1.54) is 15.3 Å². The van der Waals surface area contributed by atoms with E-state index in [1.807, 2.05) is 6.07 Å². The van der Waals surface area contributed by atoms with Gasteiger partial charge in [0.2, 0.25) is 0 Å². The van der Waals surface area contributed by atoms with Crippen LogP contribution in [-0.2, 0) is 13.1 Å². The zero-order valence-corrected chi connectivity index (χ0v) is 11.3. The molecule has 3 heterocycles. The molecule has 3 aromatic rings. The first-order chi connectivity index (χ1) is 8.92. The van der Waals surface area contributed by atoms with Crippen LogP contribution in [0.2, 0.25) is 0 Å². The van der Waals surface area contributed by atoms with E-state index in [4.69, 9.17) is 4.52 Å². The Bertz CT molecular complexity index is 584. The molecule has 5 heteroatoms. The highest BCUT2D eigenvalue weighted by atomic mass is 32.1. The minimum absolute atomic E-state index is 0.715. The summed E-state index contributed by atoms with van der Waals surface area (Å²) in [5.74, 6) is 0.866. The Morgan fingerprint density at radius 2 is 2.22 bits per heavy atom. The van der Waals surface area contributed by atoms with Crippen molar-refractivity contribution in [1.29, 1.82) is 0 Å². The van der Waals surface area contributed by atoms with E-state index in [1.54, 1.807) is 28.9 Å². The lowest BCUT2D eigenvalue weighted by Gasteiger charge is -1.98. The van der Waals surface area contributed by atoms with E-state index in [-0.39, 0.29) is 0 Å². The van der Waals surface area contributed by atoms with Crippen LogP contribution in [0.4, 0.5) is 0 Å². The SMILES string of the molecule is c1csc(-c2csc(CNCc3ccno3)c2)c1. The normalized spacial score (nSPS) is 10.9. The fraction of sp³-hybridized carbons (Fsp3) is 0.154. The van der Waals surface area contributed by atoms with Gasteiger partial charge in [-0.25, -0.2) is 0 Å². The second-order valence-electron chi connectivity index (χ2n) is 3.86. The summed E-state index contributed by atoms with van der Waals surface area (Å²) in [5, 5.41) is 11.3. The number of hydrogen-bond acceptors (Lipinski definition) is 5.